The van der Waals surface area contributed by atoms with E-state index in [4.69, 9.17) is 0 Å². The third-order valence-corrected chi connectivity index (χ3v) is 5.34. The number of piperidine rings is 1. The minimum absolute atomic E-state index is 0.0209. The molecule has 1 amide bonds. The minimum Gasteiger partial charge on any atom is -0.308 e. The lowest BCUT2D eigenvalue weighted by Gasteiger charge is -2.35. The summed E-state index contributed by atoms with van der Waals surface area (Å²) in [4.78, 5) is 21.7. The van der Waals surface area contributed by atoms with E-state index in [0.717, 1.165) is 31.9 Å². The Morgan fingerprint density at radius 3 is 2.92 bits per heavy atom. The van der Waals surface area contributed by atoms with Crippen LogP contribution in [0.4, 0.5) is 5.82 Å². The van der Waals surface area contributed by atoms with E-state index in [-0.39, 0.29) is 5.91 Å². The van der Waals surface area contributed by atoms with Gasteiger partial charge < -0.3 is 5.32 Å². The zero-order valence-corrected chi connectivity index (χ0v) is 15.2. The van der Waals surface area contributed by atoms with Crippen molar-refractivity contribution >= 4 is 11.7 Å². The average molecular weight is 354 g/mol. The van der Waals surface area contributed by atoms with Gasteiger partial charge in [0.25, 0.3) is 0 Å². The number of aryl methyl sites for hydroxylation is 1. The Morgan fingerprint density at radius 1 is 1.23 bits per heavy atom. The van der Waals surface area contributed by atoms with Crippen LogP contribution in [0, 0.1) is 5.92 Å². The van der Waals surface area contributed by atoms with E-state index in [9.17, 15) is 4.79 Å². The molecule has 26 heavy (non-hydrogen) atoms. The summed E-state index contributed by atoms with van der Waals surface area (Å²) >= 11 is 0. The summed E-state index contributed by atoms with van der Waals surface area (Å²) in [7, 11) is 1.85. The van der Waals surface area contributed by atoms with Crippen molar-refractivity contribution in [2.24, 2.45) is 13.0 Å². The van der Waals surface area contributed by atoms with E-state index in [1.165, 1.54) is 12.8 Å². The normalized spacial score (nSPS) is 23.7. The number of carbonyl (C=O) groups excluding carboxylic acids is 1. The van der Waals surface area contributed by atoms with Gasteiger partial charge in [-0.1, -0.05) is 6.07 Å². The zero-order valence-electron chi connectivity index (χ0n) is 15.2. The Balaban J connectivity index is 1.36. The number of nitrogens with one attached hydrogen (secondary N) is 1. The summed E-state index contributed by atoms with van der Waals surface area (Å²) in [5.74, 6) is 1.27. The second kappa shape index (κ2) is 7.55. The van der Waals surface area contributed by atoms with Gasteiger partial charge in [-0.3, -0.25) is 24.3 Å². The van der Waals surface area contributed by atoms with Crippen molar-refractivity contribution in [3.05, 3.63) is 42.4 Å². The molecule has 2 aromatic rings. The molecule has 0 unspecified atom stereocenters. The van der Waals surface area contributed by atoms with Crippen molar-refractivity contribution < 1.29 is 4.79 Å². The number of aromatic nitrogens is 3. The van der Waals surface area contributed by atoms with Crippen molar-refractivity contribution in [1.29, 1.82) is 0 Å². The number of anilines is 1. The molecule has 0 aliphatic carbocycles. The number of fused-ring (bicyclic) bond motifs is 4. The van der Waals surface area contributed by atoms with Crippen LogP contribution >= 0.6 is 0 Å². The van der Waals surface area contributed by atoms with Crippen LogP contribution in [-0.2, 0) is 18.4 Å². The maximum Gasteiger partial charge on any atom is 0.239 e. The average Bonchev–Trinajstić information content (AvgIpc) is 2.84. The van der Waals surface area contributed by atoms with Crippen LogP contribution in [0.15, 0.2) is 36.7 Å². The van der Waals surface area contributed by atoms with Gasteiger partial charge in [-0.2, -0.15) is 5.10 Å². The molecule has 3 aliphatic heterocycles. The Morgan fingerprint density at radius 2 is 2.15 bits per heavy atom. The first-order valence-electron chi connectivity index (χ1n) is 9.31. The lowest BCUT2D eigenvalue weighted by atomic mass is 9.95. The third kappa shape index (κ3) is 4.11. The van der Waals surface area contributed by atoms with Gasteiger partial charge in [-0.15, -0.1) is 0 Å². The highest BCUT2D eigenvalue weighted by molar-refractivity contribution is 5.91. The molecule has 2 aromatic heterocycles. The largest absolute Gasteiger partial charge is 0.308 e. The number of amides is 1. The van der Waals surface area contributed by atoms with E-state index in [0.29, 0.717) is 24.3 Å². The molecule has 7 nitrogen and oxygen atoms in total. The van der Waals surface area contributed by atoms with E-state index >= 15 is 0 Å². The quantitative estimate of drug-likeness (QED) is 0.878. The fourth-order valence-corrected chi connectivity index (χ4v) is 4.17. The predicted molar refractivity (Wildman–Crippen MR) is 99.4 cm³/mol. The lowest BCUT2D eigenvalue weighted by Crippen LogP contribution is -2.47. The Kier molecular flexibility index (Phi) is 4.99. The smallest absolute Gasteiger partial charge is 0.239 e. The highest BCUT2D eigenvalue weighted by Crippen LogP contribution is 2.28. The Labute approximate surface area is 154 Å². The molecule has 3 aliphatic rings. The van der Waals surface area contributed by atoms with Crippen molar-refractivity contribution in [2.75, 3.05) is 31.5 Å². The van der Waals surface area contributed by atoms with Crippen LogP contribution in [0.25, 0.3) is 0 Å². The Bertz CT molecular complexity index is 745. The van der Waals surface area contributed by atoms with Crippen molar-refractivity contribution in [3.8, 4) is 0 Å². The second-order valence-corrected chi connectivity index (χ2v) is 7.46. The summed E-state index contributed by atoms with van der Waals surface area (Å²) in [6, 6.07) is 8.35. The van der Waals surface area contributed by atoms with Crippen molar-refractivity contribution in [2.45, 2.75) is 25.4 Å². The van der Waals surface area contributed by atoms with Crippen LogP contribution < -0.4 is 5.32 Å². The summed E-state index contributed by atoms with van der Waals surface area (Å²) in [5.41, 5.74) is 1.12. The van der Waals surface area contributed by atoms with Gasteiger partial charge in [-0.05, 0) is 30.9 Å². The SMILES string of the molecule is Cn1ccc(NC(=O)CN2C[C@H]3CC[C@@H]2CN(Cc2ccccn2)C3)n1. The maximum atomic E-state index is 12.4. The zero-order chi connectivity index (χ0) is 17.9. The molecule has 0 spiro atoms. The van der Waals surface area contributed by atoms with Gasteiger partial charge >= 0.3 is 0 Å². The molecular formula is C19H26N6O. The van der Waals surface area contributed by atoms with Crippen LogP contribution in [0.3, 0.4) is 0 Å². The molecule has 5 heterocycles. The van der Waals surface area contributed by atoms with E-state index in [1.807, 2.05) is 37.6 Å². The van der Waals surface area contributed by atoms with Crippen LogP contribution in [0.1, 0.15) is 18.5 Å². The first-order valence-corrected chi connectivity index (χ1v) is 9.31. The topological polar surface area (TPSA) is 66.3 Å². The summed E-state index contributed by atoms with van der Waals surface area (Å²) in [6.07, 6.45) is 6.11. The molecule has 3 fully saturated rings. The van der Waals surface area contributed by atoms with Gasteiger partial charge in [0.15, 0.2) is 5.82 Å². The monoisotopic (exact) mass is 354 g/mol. The first-order chi connectivity index (χ1) is 12.7. The fraction of sp³-hybridized carbons (Fsp3) is 0.526. The van der Waals surface area contributed by atoms with Crippen LogP contribution in [0.5, 0.6) is 0 Å². The predicted octanol–water partition coefficient (Wildman–Crippen LogP) is 1.35. The summed E-state index contributed by atoms with van der Waals surface area (Å²) < 4.78 is 1.69. The van der Waals surface area contributed by atoms with Gasteiger partial charge in [0.2, 0.25) is 5.91 Å². The van der Waals surface area contributed by atoms with Gasteiger partial charge in [-0.25, -0.2) is 0 Å². The van der Waals surface area contributed by atoms with Crippen LogP contribution in [0.2, 0.25) is 0 Å². The van der Waals surface area contributed by atoms with Gasteiger partial charge in [0.05, 0.1) is 12.2 Å². The van der Waals surface area contributed by atoms with E-state index in [2.05, 4.69) is 31.3 Å². The van der Waals surface area contributed by atoms with Crippen molar-refractivity contribution in [3.63, 3.8) is 0 Å². The molecular weight excluding hydrogens is 328 g/mol. The van der Waals surface area contributed by atoms with Gasteiger partial charge in [0, 0.05) is 57.7 Å². The molecule has 1 N–H and O–H groups in total. The second-order valence-electron chi connectivity index (χ2n) is 7.46. The minimum atomic E-state index is 0.0209. The van der Waals surface area contributed by atoms with E-state index in [1.54, 1.807) is 4.68 Å². The number of pyridine rings is 1. The maximum absolute atomic E-state index is 12.4. The number of hydrogen-bond acceptors (Lipinski definition) is 5. The molecule has 7 heteroatoms. The van der Waals surface area contributed by atoms with E-state index < -0.39 is 0 Å². The summed E-state index contributed by atoms with van der Waals surface area (Å²) in [6.45, 7) is 4.42. The number of nitrogens with zero attached hydrogens (tertiary/aromatic N) is 5. The molecule has 138 valence electrons. The van der Waals surface area contributed by atoms with Crippen molar-refractivity contribution in [1.82, 2.24) is 24.6 Å². The molecule has 0 saturated carbocycles. The number of rotatable bonds is 5. The molecule has 2 bridgehead atoms. The molecule has 2 atom stereocenters. The van der Waals surface area contributed by atoms with Crippen LogP contribution in [-0.4, -0.2) is 62.7 Å². The molecule has 0 aromatic carbocycles. The number of hydrogen-bond donors (Lipinski definition) is 1. The highest BCUT2D eigenvalue weighted by atomic mass is 16.2. The molecule has 5 rings (SSSR count). The van der Waals surface area contributed by atoms with Gasteiger partial charge in [0.1, 0.15) is 0 Å². The highest BCUT2D eigenvalue weighted by Gasteiger charge is 2.35. The first kappa shape index (κ1) is 17.2. The molecule has 0 radical (unpaired) electrons. The summed E-state index contributed by atoms with van der Waals surface area (Å²) in [5, 5.41) is 7.12. The standard InChI is InChI=1S/C19H26N6O/c1-23-9-7-18(22-23)21-19(26)14-25-11-15-5-6-17(25)13-24(10-15)12-16-4-2-3-8-20-16/h2-4,7-9,15,17H,5-6,10-14H2,1H3,(H,21,22,26)/t15-,17+/m0/s1. The number of carbonyl (C=O) groups is 1. The fourth-order valence-electron chi connectivity index (χ4n) is 4.17. The Hall–Kier alpha value is -2.25. The lowest BCUT2D eigenvalue weighted by molar-refractivity contribution is -0.118. The third-order valence-electron chi connectivity index (χ3n) is 5.34. The molecule has 3 saturated heterocycles.